The van der Waals surface area contributed by atoms with Gasteiger partial charge in [-0.15, -0.1) is 0 Å². The number of halogens is 2. The highest BCUT2D eigenvalue weighted by Crippen LogP contribution is 2.28. The number of carbonyl (C=O) groups is 1. The summed E-state index contributed by atoms with van der Waals surface area (Å²) in [7, 11) is 0. The third-order valence-corrected chi connectivity index (χ3v) is 7.41. The van der Waals surface area contributed by atoms with E-state index in [4.69, 9.17) is 16.9 Å². The van der Waals surface area contributed by atoms with Crippen LogP contribution in [0.4, 0.5) is 15.8 Å². The number of likely N-dealkylation sites (tertiary alicyclic amines) is 1. The fraction of sp³-hybridized carbons (Fsp3) is 0.481. The molecule has 0 aliphatic carbocycles. The predicted octanol–water partition coefficient (Wildman–Crippen LogP) is 5.78. The van der Waals surface area contributed by atoms with E-state index in [1.165, 1.54) is 5.69 Å². The van der Waals surface area contributed by atoms with E-state index >= 15 is 0 Å². The third kappa shape index (κ3) is 6.21. The molecule has 0 atom stereocenters. The maximum absolute atomic E-state index is 13.2. The van der Waals surface area contributed by atoms with Crippen LogP contribution in [0.3, 0.4) is 0 Å². The smallest absolute Gasteiger partial charge is 0.222 e. The van der Waals surface area contributed by atoms with Gasteiger partial charge in [-0.05, 0) is 80.5 Å². The van der Waals surface area contributed by atoms with Crippen molar-refractivity contribution in [3.63, 3.8) is 0 Å². The topological polar surface area (TPSA) is 59.4 Å². The lowest BCUT2D eigenvalue weighted by molar-refractivity contribution is -0.132. The molecule has 2 aliphatic heterocycles. The number of carbonyl (C=O) groups excluding carboxylic acids is 1. The Morgan fingerprint density at radius 3 is 2.41 bits per heavy atom. The molecule has 34 heavy (non-hydrogen) atoms. The van der Waals surface area contributed by atoms with E-state index in [9.17, 15) is 9.18 Å². The van der Waals surface area contributed by atoms with Gasteiger partial charge in [-0.1, -0.05) is 11.6 Å². The number of hydrogen-bond donors (Lipinski definition) is 1. The fourth-order valence-corrected chi connectivity index (χ4v) is 5.16. The van der Waals surface area contributed by atoms with Crippen molar-refractivity contribution < 1.29 is 9.18 Å². The van der Waals surface area contributed by atoms with Crippen LogP contribution >= 0.6 is 11.6 Å². The van der Waals surface area contributed by atoms with E-state index in [0.29, 0.717) is 23.5 Å². The number of nitriles is 1. The molecule has 0 bridgehead atoms. The molecule has 2 aromatic rings. The molecule has 4 rings (SSSR count). The number of benzene rings is 2. The van der Waals surface area contributed by atoms with Crippen LogP contribution in [0.15, 0.2) is 42.5 Å². The third-order valence-electron chi connectivity index (χ3n) is 7.16. The Kier molecular flexibility index (Phi) is 8.29. The van der Waals surface area contributed by atoms with Gasteiger partial charge in [0.15, 0.2) is 0 Å². The molecule has 2 aliphatic rings. The van der Waals surface area contributed by atoms with E-state index in [0.717, 1.165) is 69.0 Å². The Morgan fingerprint density at radius 2 is 1.76 bits per heavy atom. The fourth-order valence-electron chi connectivity index (χ4n) is 5.03. The van der Waals surface area contributed by atoms with Crippen LogP contribution in [0.25, 0.3) is 0 Å². The molecule has 2 saturated heterocycles. The zero-order valence-electron chi connectivity index (χ0n) is 19.5. The van der Waals surface area contributed by atoms with Gasteiger partial charge in [0, 0.05) is 60.6 Å². The molecule has 5 nitrogen and oxygen atoms in total. The molecule has 180 valence electrons. The number of piperidine rings is 2. The van der Waals surface area contributed by atoms with Crippen molar-refractivity contribution in [1.82, 2.24) is 4.90 Å². The number of nitrogens with zero attached hydrogens (tertiary/aromatic N) is 3. The van der Waals surface area contributed by atoms with Crippen molar-refractivity contribution >= 4 is 28.9 Å². The molecule has 1 N–H and O–H groups in total. The molecule has 7 heteroatoms. The van der Waals surface area contributed by atoms with Gasteiger partial charge in [-0.2, -0.15) is 5.26 Å². The first-order chi connectivity index (χ1) is 16.6. The minimum Gasteiger partial charge on any atom is -0.382 e. The number of rotatable bonds is 7. The average Bonchev–Trinajstić information content (AvgIpc) is 2.88. The van der Waals surface area contributed by atoms with Crippen LogP contribution in [0, 0.1) is 17.2 Å². The maximum atomic E-state index is 13.2. The molecule has 1 amide bonds. The molecule has 0 spiro atoms. The zero-order chi connectivity index (χ0) is 23.9. The molecule has 0 saturated carbocycles. The Balaban J connectivity index is 1.17. The Hall–Kier alpha value is -2.78. The van der Waals surface area contributed by atoms with Crippen molar-refractivity contribution in [2.75, 3.05) is 36.4 Å². The maximum Gasteiger partial charge on any atom is 0.222 e. The summed E-state index contributed by atoms with van der Waals surface area (Å²) < 4.78 is 13.2. The molecule has 2 fully saturated rings. The second kappa shape index (κ2) is 11.6. The van der Waals surface area contributed by atoms with Crippen LogP contribution in [0.5, 0.6) is 0 Å². The quantitative estimate of drug-likeness (QED) is 0.543. The number of nitrogens with one attached hydrogen (secondary N) is 1. The lowest BCUT2D eigenvalue weighted by Crippen LogP contribution is -2.42. The second-order valence-electron chi connectivity index (χ2n) is 9.36. The van der Waals surface area contributed by atoms with Crippen LogP contribution in [-0.2, 0) is 11.5 Å². The van der Waals surface area contributed by atoms with E-state index < -0.39 is 6.67 Å². The molecular weight excluding hydrogens is 451 g/mol. The van der Waals surface area contributed by atoms with Crippen LogP contribution in [0.2, 0.25) is 5.02 Å². The molecular formula is C27H32ClFN4O. The Morgan fingerprint density at radius 1 is 1.06 bits per heavy atom. The van der Waals surface area contributed by atoms with Crippen molar-refractivity contribution in [1.29, 1.82) is 5.26 Å². The lowest BCUT2D eigenvalue weighted by Gasteiger charge is -2.35. The number of anilines is 2. The minimum atomic E-state index is -0.647. The summed E-state index contributed by atoms with van der Waals surface area (Å²) in [5, 5.41) is 13.3. The van der Waals surface area contributed by atoms with Crippen LogP contribution in [0.1, 0.15) is 49.7 Å². The van der Waals surface area contributed by atoms with E-state index in [1.807, 2.05) is 29.2 Å². The van der Waals surface area contributed by atoms with E-state index in [1.54, 1.807) is 12.1 Å². The summed E-state index contributed by atoms with van der Waals surface area (Å²) in [6.07, 6.45) is 5.56. The average molecular weight is 483 g/mol. The highest BCUT2D eigenvalue weighted by molar-refractivity contribution is 6.30. The van der Waals surface area contributed by atoms with Crippen LogP contribution < -0.4 is 10.2 Å². The van der Waals surface area contributed by atoms with Crippen molar-refractivity contribution in [2.45, 2.75) is 51.2 Å². The zero-order valence-corrected chi connectivity index (χ0v) is 20.2. The van der Waals surface area contributed by atoms with Gasteiger partial charge in [-0.25, -0.2) is 4.39 Å². The Labute approximate surface area is 206 Å². The summed E-state index contributed by atoms with van der Waals surface area (Å²) in [5.41, 5.74) is 2.85. The second-order valence-corrected chi connectivity index (χ2v) is 9.80. The summed E-state index contributed by atoms with van der Waals surface area (Å²) >= 11 is 5.99. The number of amides is 1. The summed E-state index contributed by atoms with van der Waals surface area (Å²) in [5.74, 6) is 0.865. The standard InChI is InChI=1S/C27H32ClFN4O/c28-23-3-6-26(7-4-23)32-13-9-20(10-14-32)1-8-27(34)33-15-11-24(12-16-33)31-25-5-2-21(19-30)22(17-25)18-29/h2-7,17,20,24,31H,1,8-16,18H2. The van der Waals surface area contributed by atoms with Crippen LogP contribution in [-0.4, -0.2) is 43.0 Å². The predicted molar refractivity (Wildman–Crippen MR) is 135 cm³/mol. The van der Waals surface area contributed by atoms with Gasteiger partial charge in [0.2, 0.25) is 5.91 Å². The highest BCUT2D eigenvalue weighted by Gasteiger charge is 2.25. The van der Waals surface area contributed by atoms with Gasteiger partial charge in [0.1, 0.15) is 6.67 Å². The number of alkyl halides is 1. The van der Waals surface area contributed by atoms with E-state index in [2.05, 4.69) is 22.3 Å². The first-order valence-electron chi connectivity index (χ1n) is 12.2. The first-order valence-corrected chi connectivity index (χ1v) is 12.6. The normalized spacial score (nSPS) is 17.4. The Bertz CT molecular complexity index is 1010. The first kappa shape index (κ1) is 24.3. The van der Waals surface area contributed by atoms with Gasteiger partial charge in [0.05, 0.1) is 11.6 Å². The molecule has 2 heterocycles. The molecule has 0 unspecified atom stereocenters. The van der Waals surface area contributed by atoms with E-state index in [-0.39, 0.29) is 11.9 Å². The highest BCUT2D eigenvalue weighted by atomic mass is 35.5. The monoisotopic (exact) mass is 482 g/mol. The van der Waals surface area contributed by atoms with Crippen molar-refractivity contribution in [2.24, 2.45) is 5.92 Å². The summed E-state index contributed by atoms with van der Waals surface area (Å²) in [6.45, 7) is 2.90. The molecule has 0 radical (unpaired) electrons. The van der Waals surface area contributed by atoms with Gasteiger partial charge < -0.3 is 15.1 Å². The SMILES string of the molecule is N#Cc1ccc(NC2CCN(C(=O)CCC3CCN(c4ccc(Cl)cc4)CC3)CC2)cc1CF. The van der Waals surface area contributed by atoms with Gasteiger partial charge >= 0.3 is 0 Å². The molecule has 0 aromatic heterocycles. The molecule has 2 aromatic carbocycles. The van der Waals surface area contributed by atoms with Gasteiger partial charge in [-0.3, -0.25) is 4.79 Å². The van der Waals surface area contributed by atoms with Crippen molar-refractivity contribution in [3.05, 3.63) is 58.6 Å². The summed E-state index contributed by atoms with van der Waals surface area (Å²) in [6, 6.07) is 15.5. The van der Waals surface area contributed by atoms with Gasteiger partial charge in [0.25, 0.3) is 0 Å². The largest absolute Gasteiger partial charge is 0.382 e. The minimum absolute atomic E-state index is 0.252. The number of hydrogen-bond acceptors (Lipinski definition) is 4. The summed E-state index contributed by atoms with van der Waals surface area (Å²) in [4.78, 5) is 17.2. The van der Waals surface area contributed by atoms with Crippen molar-refractivity contribution in [3.8, 4) is 6.07 Å². The lowest BCUT2D eigenvalue weighted by atomic mass is 9.91.